The van der Waals surface area contributed by atoms with E-state index in [0.717, 1.165) is 5.69 Å². The number of benzene rings is 1. The summed E-state index contributed by atoms with van der Waals surface area (Å²) in [5, 5.41) is 7.56. The Balaban J connectivity index is 1.94. The molecule has 0 fully saturated rings. The largest absolute Gasteiger partial charge is 0.493 e. The lowest BCUT2D eigenvalue weighted by Gasteiger charge is -2.08. The van der Waals surface area contributed by atoms with Crippen LogP contribution in [0.2, 0.25) is 5.02 Å². The van der Waals surface area contributed by atoms with Gasteiger partial charge < -0.3 is 10.1 Å². The molecule has 0 saturated heterocycles. The van der Waals surface area contributed by atoms with E-state index in [1.807, 2.05) is 32.0 Å². The topological polar surface area (TPSA) is 81.9 Å². The number of anilines is 1. The summed E-state index contributed by atoms with van der Waals surface area (Å²) in [7, 11) is 1.52. The predicted molar refractivity (Wildman–Crippen MR) is 99.2 cm³/mol. The van der Waals surface area contributed by atoms with Gasteiger partial charge in [0.15, 0.2) is 11.6 Å². The molecule has 0 radical (unpaired) electrons. The molecular formula is C18H18ClN5O2. The normalized spacial score (nSPS) is 10.6. The highest BCUT2D eigenvalue weighted by Crippen LogP contribution is 2.23. The van der Waals surface area contributed by atoms with Crippen molar-refractivity contribution in [1.82, 2.24) is 19.7 Å². The molecule has 1 amide bonds. The van der Waals surface area contributed by atoms with Crippen molar-refractivity contribution < 1.29 is 9.53 Å². The quantitative estimate of drug-likeness (QED) is 0.742. The zero-order valence-electron chi connectivity index (χ0n) is 14.7. The Hall–Kier alpha value is -2.93. The van der Waals surface area contributed by atoms with Gasteiger partial charge in [0.2, 0.25) is 5.82 Å². The van der Waals surface area contributed by atoms with Crippen LogP contribution in [0, 0.1) is 6.92 Å². The summed E-state index contributed by atoms with van der Waals surface area (Å²) in [5.41, 5.74) is 1.42. The van der Waals surface area contributed by atoms with E-state index in [1.54, 1.807) is 22.9 Å². The third-order valence-electron chi connectivity index (χ3n) is 3.72. The third kappa shape index (κ3) is 3.52. The number of hydrogen-bond acceptors (Lipinski definition) is 5. The Morgan fingerprint density at radius 1 is 1.23 bits per heavy atom. The highest BCUT2D eigenvalue weighted by atomic mass is 35.5. The number of methoxy groups -OCH3 is 1. The molecule has 0 aliphatic heterocycles. The first-order chi connectivity index (χ1) is 12.5. The molecule has 0 bridgehead atoms. The second kappa shape index (κ2) is 7.53. The summed E-state index contributed by atoms with van der Waals surface area (Å²) in [5.74, 6) is 0.983. The minimum absolute atomic E-state index is 0.0344. The van der Waals surface area contributed by atoms with Crippen molar-refractivity contribution in [3.8, 4) is 11.4 Å². The summed E-state index contributed by atoms with van der Waals surface area (Å²) >= 11 is 6.25. The number of ether oxygens (including phenoxy) is 1. The summed E-state index contributed by atoms with van der Waals surface area (Å²) < 4.78 is 6.81. The predicted octanol–water partition coefficient (Wildman–Crippen LogP) is 3.45. The monoisotopic (exact) mass is 371 g/mol. The number of aryl methyl sites for hydroxylation is 2. The minimum atomic E-state index is -0.470. The fourth-order valence-corrected chi connectivity index (χ4v) is 2.66. The number of aromatic nitrogens is 4. The number of para-hydroxylation sites is 1. The van der Waals surface area contributed by atoms with Gasteiger partial charge in [-0.05, 0) is 31.2 Å². The van der Waals surface area contributed by atoms with E-state index in [-0.39, 0.29) is 5.82 Å². The summed E-state index contributed by atoms with van der Waals surface area (Å²) in [6, 6.07) is 10.8. The first-order valence-corrected chi connectivity index (χ1v) is 8.45. The number of carbonyl (C=O) groups excluding carboxylic acids is 1. The second-order valence-corrected chi connectivity index (χ2v) is 5.93. The van der Waals surface area contributed by atoms with E-state index >= 15 is 0 Å². The van der Waals surface area contributed by atoms with Crippen molar-refractivity contribution in [1.29, 1.82) is 0 Å². The first-order valence-electron chi connectivity index (χ1n) is 8.07. The molecule has 0 saturated carbocycles. The van der Waals surface area contributed by atoms with Crippen molar-refractivity contribution in [3.63, 3.8) is 0 Å². The van der Waals surface area contributed by atoms with Gasteiger partial charge in [0, 0.05) is 12.1 Å². The van der Waals surface area contributed by atoms with Crippen LogP contribution < -0.4 is 10.1 Å². The van der Waals surface area contributed by atoms with Crippen molar-refractivity contribution in [2.24, 2.45) is 0 Å². The molecule has 0 atom stereocenters. The number of halogens is 1. The maximum absolute atomic E-state index is 12.6. The number of pyridine rings is 1. The molecule has 1 N–H and O–H groups in total. The van der Waals surface area contributed by atoms with E-state index < -0.39 is 5.91 Å². The van der Waals surface area contributed by atoms with Crippen LogP contribution in [-0.4, -0.2) is 32.8 Å². The van der Waals surface area contributed by atoms with E-state index in [2.05, 4.69) is 20.4 Å². The van der Waals surface area contributed by atoms with Crippen molar-refractivity contribution in [2.75, 3.05) is 12.4 Å². The zero-order valence-corrected chi connectivity index (χ0v) is 15.4. The number of carbonyl (C=O) groups is 1. The van der Waals surface area contributed by atoms with Gasteiger partial charge >= 0.3 is 0 Å². The molecule has 2 heterocycles. The Labute approximate surface area is 156 Å². The van der Waals surface area contributed by atoms with Crippen LogP contribution >= 0.6 is 11.6 Å². The molecule has 8 heteroatoms. The molecule has 0 aliphatic carbocycles. The van der Waals surface area contributed by atoms with Crippen LogP contribution in [-0.2, 0) is 6.42 Å². The smallest absolute Gasteiger partial charge is 0.296 e. The standard InChI is InChI=1S/C18H18ClN5O2/c1-4-15-21-17(23-24(15)13-8-6-5-7-12(13)19)18(25)22-16-14(26-3)10-9-11(2)20-16/h5-10H,4H2,1-3H3,(H,20,22,25). The average Bonchev–Trinajstić information content (AvgIpc) is 3.06. The van der Waals surface area contributed by atoms with E-state index in [1.165, 1.54) is 7.11 Å². The van der Waals surface area contributed by atoms with Crippen molar-refractivity contribution >= 4 is 23.3 Å². The zero-order chi connectivity index (χ0) is 18.7. The van der Waals surface area contributed by atoms with Crippen LogP contribution in [0.4, 0.5) is 5.82 Å². The SMILES string of the molecule is CCc1nc(C(=O)Nc2nc(C)ccc2OC)nn1-c1ccccc1Cl. The molecule has 0 spiro atoms. The fourth-order valence-electron chi connectivity index (χ4n) is 2.45. The molecule has 1 aromatic carbocycles. The van der Waals surface area contributed by atoms with Crippen LogP contribution in [0.25, 0.3) is 5.69 Å². The van der Waals surface area contributed by atoms with Crippen LogP contribution in [0.5, 0.6) is 5.75 Å². The molecule has 0 unspecified atom stereocenters. The first kappa shape index (κ1) is 17.9. The van der Waals surface area contributed by atoms with E-state index in [9.17, 15) is 4.79 Å². The minimum Gasteiger partial charge on any atom is -0.493 e. The second-order valence-electron chi connectivity index (χ2n) is 5.53. The van der Waals surface area contributed by atoms with Gasteiger partial charge in [-0.3, -0.25) is 4.79 Å². The van der Waals surface area contributed by atoms with Gasteiger partial charge in [-0.15, -0.1) is 5.10 Å². The lowest BCUT2D eigenvalue weighted by atomic mass is 10.3. The Morgan fingerprint density at radius 2 is 2.00 bits per heavy atom. The highest BCUT2D eigenvalue weighted by molar-refractivity contribution is 6.32. The van der Waals surface area contributed by atoms with Crippen molar-refractivity contribution in [2.45, 2.75) is 20.3 Å². The number of amides is 1. The van der Waals surface area contributed by atoms with Gasteiger partial charge in [-0.1, -0.05) is 30.7 Å². The number of nitrogens with zero attached hydrogens (tertiary/aromatic N) is 4. The Bertz CT molecular complexity index is 955. The van der Waals surface area contributed by atoms with Crippen LogP contribution in [0.1, 0.15) is 29.1 Å². The molecular weight excluding hydrogens is 354 g/mol. The number of rotatable bonds is 5. The molecule has 3 aromatic rings. The molecule has 134 valence electrons. The van der Waals surface area contributed by atoms with Gasteiger partial charge in [-0.25, -0.2) is 14.6 Å². The van der Waals surface area contributed by atoms with Gasteiger partial charge in [0.1, 0.15) is 5.82 Å². The maximum atomic E-state index is 12.6. The van der Waals surface area contributed by atoms with Gasteiger partial charge in [-0.2, -0.15) is 0 Å². The van der Waals surface area contributed by atoms with Crippen LogP contribution in [0.15, 0.2) is 36.4 Å². The molecule has 3 rings (SSSR count). The number of hydrogen-bond donors (Lipinski definition) is 1. The molecule has 0 aliphatic rings. The lowest BCUT2D eigenvalue weighted by Crippen LogP contribution is -2.16. The third-order valence-corrected chi connectivity index (χ3v) is 4.04. The summed E-state index contributed by atoms with van der Waals surface area (Å²) in [4.78, 5) is 21.2. The van der Waals surface area contributed by atoms with E-state index in [4.69, 9.17) is 16.3 Å². The summed E-state index contributed by atoms with van der Waals surface area (Å²) in [6.45, 7) is 3.76. The molecule has 7 nitrogen and oxygen atoms in total. The van der Waals surface area contributed by atoms with Gasteiger partial charge in [0.05, 0.1) is 17.8 Å². The molecule has 2 aromatic heterocycles. The van der Waals surface area contributed by atoms with Crippen LogP contribution in [0.3, 0.4) is 0 Å². The summed E-state index contributed by atoms with van der Waals surface area (Å²) in [6.07, 6.45) is 0.595. The van der Waals surface area contributed by atoms with E-state index in [0.29, 0.717) is 34.5 Å². The van der Waals surface area contributed by atoms with Gasteiger partial charge in [0.25, 0.3) is 5.91 Å². The lowest BCUT2D eigenvalue weighted by molar-refractivity contribution is 0.101. The van der Waals surface area contributed by atoms with Crippen molar-refractivity contribution in [3.05, 3.63) is 58.8 Å². The Kier molecular flexibility index (Phi) is 5.18. The maximum Gasteiger partial charge on any atom is 0.296 e. The highest BCUT2D eigenvalue weighted by Gasteiger charge is 2.19. The molecule has 26 heavy (non-hydrogen) atoms. The fraction of sp³-hybridized carbons (Fsp3) is 0.222. The Morgan fingerprint density at radius 3 is 2.69 bits per heavy atom. The number of nitrogens with one attached hydrogen (secondary N) is 1. The average molecular weight is 372 g/mol.